The van der Waals surface area contributed by atoms with Crippen LogP contribution < -0.4 is 10.7 Å². The van der Waals surface area contributed by atoms with Crippen LogP contribution in [0.2, 0.25) is 0 Å². The van der Waals surface area contributed by atoms with Crippen molar-refractivity contribution in [2.75, 3.05) is 18.5 Å². The number of alkyl halides is 1. The summed E-state index contributed by atoms with van der Waals surface area (Å²) in [6.07, 6.45) is 0. The summed E-state index contributed by atoms with van der Waals surface area (Å²) in [4.78, 5) is 15.8. The number of benzene rings is 2. The van der Waals surface area contributed by atoms with Gasteiger partial charge in [-0.1, -0.05) is 6.07 Å². The summed E-state index contributed by atoms with van der Waals surface area (Å²) in [5.74, 6) is -0.244. The van der Waals surface area contributed by atoms with E-state index in [1.165, 1.54) is 0 Å². The van der Waals surface area contributed by atoms with E-state index in [0.29, 0.717) is 17.6 Å². The molecule has 2 aromatic carbocycles. The van der Waals surface area contributed by atoms with Gasteiger partial charge in [-0.15, -0.1) is 11.6 Å². The number of hydrogen-bond acceptors (Lipinski definition) is 4. The monoisotopic (exact) mass is 318 g/mol. The molecule has 114 valence electrons. The van der Waals surface area contributed by atoms with Gasteiger partial charge in [-0.3, -0.25) is 4.98 Å². The minimum atomic E-state index is -0.473. The third kappa shape index (κ3) is 2.94. The number of rotatable bonds is 4. The van der Waals surface area contributed by atoms with Crippen LogP contribution in [0, 0.1) is 0 Å². The van der Waals surface area contributed by atoms with E-state index >= 15 is 0 Å². The molecule has 0 fully saturated rings. The van der Waals surface area contributed by atoms with Crippen LogP contribution in [-0.2, 0) is 0 Å². The van der Waals surface area contributed by atoms with Crippen molar-refractivity contribution in [3.05, 3.63) is 58.6 Å². The molecule has 3 rings (SSSR count). The number of fused-ring (bicyclic) bond motifs is 1. The number of aromatic hydroxyl groups is 1. The van der Waals surface area contributed by atoms with E-state index in [-0.39, 0.29) is 11.1 Å². The maximum Gasteiger partial charge on any atom is 0.417 e. The highest BCUT2D eigenvalue weighted by molar-refractivity contribution is 6.21. The molecule has 0 spiro atoms. The van der Waals surface area contributed by atoms with Gasteiger partial charge in [0.05, 0.1) is 10.9 Å². The third-order valence-corrected chi connectivity index (χ3v) is 3.92. The van der Waals surface area contributed by atoms with Gasteiger partial charge in [-0.2, -0.15) is 0 Å². The molecule has 0 aliphatic rings. The minimum absolute atomic E-state index is 0.229. The second-order valence-corrected chi connectivity index (χ2v) is 5.66. The number of likely N-dealkylation sites (N-methyl/N-ethyl adjacent to an activating group) is 1. The lowest BCUT2D eigenvalue weighted by atomic mass is 10.1. The van der Waals surface area contributed by atoms with Crippen molar-refractivity contribution in [3.8, 4) is 5.75 Å². The predicted molar refractivity (Wildman–Crippen MR) is 86.8 cm³/mol. The van der Waals surface area contributed by atoms with Gasteiger partial charge >= 0.3 is 5.76 Å². The molecule has 0 saturated carbocycles. The van der Waals surface area contributed by atoms with Crippen LogP contribution in [0.3, 0.4) is 0 Å². The molecule has 22 heavy (non-hydrogen) atoms. The highest BCUT2D eigenvalue weighted by Crippen LogP contribution is 2.26. The lowest BCUT2D eigenvalue weighted by molar-refractivity contribution is 0.475. The maximum absolute atomic E-state index is 11.2. The van der Waals surface area contributed by atoms with Crippen molar-refractivity contribution >= 4 is 28.4 Å². The number of phenols is 1. The van der Waals surface area contributed by atoms with Crippen LogP contribution in [0.4, 0.5) is 5.69 Å². The average molecular weight is 319 g/mol. The second kappa shape index (κ2) is 5.77. The zero-order chi connectivity index (χ0) is 15.7. The van der Waals surface area contributed by atoms with Gasteiger partial charge in [0.1, 0.15) is 5.75 Å². The number of hydrogen-bond donors (Lipinski definition) is 2. The number of oxazole rings is 1. The molecule has 0 aliphatic heterocycles. The molecular formula is C16H15ClN2O3. The van der Waals surface area contributed by atoms with Gasteiger partial charge < -0.3 is 14.4 Å². The van der Waals surface area contributed by atoms with Crippen molar-refractivity contribution in [1.82, 2.24) is 4.98 Å². The topological polar surface area (TPSA) is 69.5 Å². The normalized spacial score (nSPS) is 12.5. The smallest absolute Gasteiger partial charge is 0.417 e. The third-order valence-electron chi connectivity index (χ3n) is 3.53. The van der Waals surface area contributed by atoms with Crippen LogP contribution >= 0.6 is 11.6 Å². The van der Waals surface area contributed by atoms with Gasteiger partial charge in [0.2, 0.25) is 0 Å². The Morgan fingerprint density at radius 3 is 2.73 bits per heavy atom. The summed E-state index contributed by atoms with van der Waals surface area (Å²) in [5, 5.41) is 9.06. The summed E-state index contributed by atoms with van der Waals surface area (Å²) in [6.45, 7) is 0.576. The summed E-state index contributed by atoms with van der Waals surface area (Å²) in [6, 6.07) is 12.4. The van der Waals surface area contributed by atoms with Gasteiger partial charge in [0.15, 0.2) is 5.58 Å². The molecule has 0 amide bonds. The largest absolute Gasteiger partial charge is 0.508 e. The Kier molecular flexibility index (Phi) is 3.81. The van der Waals surface area contributed by atoms with Crippen LogP contribution in [-0.4, -0.2) is 23.7 Å². The molecule has 0 aliphatic carbocycles. The first-order chi connectivity index (χ1) is 10.5. The van der Waals surface area contributed by atoms with E-state index in [9.17, 15) is 9.90 Å². The van der Waals surface area contributed by atoms with E-state index in [1.807, 2.05) is 30.1 Å². The Hall–Kier alpha value is -2.40. The molecule has 6 heteroatoms. The Morgan fingerprint density at radius 2 is 2.00 bits per heavy atom. The van der Waals surface area contributed by atoms with E-state index in [4.69, 9.17) is 16.0 Å². The molecule has 2 N–H and O–H groups in total. The highest BCUT2D eigenvalue weighted by Gasteiger charge is 2.13. The van der Waals surface area contributed by atoms with E-state index < -0.39 is 5.76 Å². The molecule has 3 aromatic rings. The quantitative estimate of drug-likeness (QED) is 0.725. The predicted octanol–water partition coefficient (Wildman–Crippen LogP) is 3.24. The number of halogens is 1. The second-order valence-electron chi connectivity index (χ2n) is 5.13. The zero-order valence-corrected chi connectivity index (χ0v) is 12.7. The zero-order valence-electron chi connectivity index (χ0n) is 11.9. The van der Waals surface area contributed by atoms with Gasteiger partial charge in [0.25, 0.3) is 0 Å². The van der Waals surface area contributed by atoms with Crippen LogP contribution in [0.15, 0.2) is 51.7 Å². The first kappa shape index (κ1) is 14.5. The highest BCUT2D eigenvalue weighted by atomic mass is 35.5. The molecule has 1 unspecified atom stereocenters. The lowest BCUT2D eigenvalue weighted by Gasteiger charge is -2.22. The number of aromatic nitrogens is 1. The summed E-state index contributed by atoms with van der Waals surface area (Å²) in [5.41, 5.74) is 2.99. The van der Waals surface area contributed by atoms with Gasteiger partial charge in [-0.25, -0.2) is 4.79 Å². The van der Waals surface area contributed by atoms with E-state index in [2.05, 4.69) is 4.98 Å². The maximum atomic E-state index is 11.2. The Morgan fingerprint density at radius 1 is 1.27 bits per heavy atom. The molecule has 5 nitrogen and oxygen atoms in total. The summed E-state index contributed by atoms with van der Waals surface area (Å²) < 4.78 is 5.05. The summed E-state index contributed by atoms with van der Waals surface area (Å²) in [7, 11) is 1.93. The van der Waals surface area contributed by atoms with E-state index in [0.717, 1.165) is 11.3 Å². The lowest BCUT2D eigenvalue weighted by Crippen LogP contribution is -2.21. The Balaban J connectivity index is 1.78. The SMILES string of the molecule is CN(CC(Cl)c1ccc2[nH]c(=O)oc2c1)c1ccc(O)cc1. The van der Waals surface area contributed by atoms with Crippen molar-refractivity contribution in [3.63, 3.8) is 0 Å². The first-order valence-corrected chi connectivity index (χ1v) is 7.23. The molecule has 1 heterocycles. The van der Waals surface area contributed by atoms with Crippen LogP contribution in [0.5, 0.6) is 5.75 Å². The standard InChI is InChI=1S/C16H15ClN2O3/c1-19(11-3-5-12(20)6-4-11)9-13(17)10-2-7-14-15(8-10)22-16(21)18-14/h2-8,13,20H,9H2,1H3,(H,18,21). The molecule has 0 saturated heterocycles. The minimum Gasteiger partial charge on any atom is -0.508 e. The molecule has 0 radical (unpaired) electrons. The number of anilines is 1. The molecular weight excluding hydrogens is 304 g/mol. The average Bonchev–Trinajstić information content (AvgIpc) is 2.86. The number of aromatic amines is 1. The summed E-state index contributed by atoms with van der Waals surface area (Å²) >= 11 is 6.47. The van der Waals surface area contributed by atoms with Crippen molar-refractivity contribution in [2.45, 2.75) is 5.38 Å². The molecule has 1 aromatic heterocycles. The number of nitrogens with zero attached hydrogens (tertiary/aromatic N) is 1. The fourth-order valence-corrected chi connectivity index (χ4v) is 2.66. The van der Waals surface area contributed by atoms with Gasteiger partial charge in [0, 0.05) is 19.3 Å². The number of phenolic OH excluding ortho intramolecular Hbond substituents is 1. The van der Waals surface area contributed by atoms with Crippen molar-refractivity contribution in [2.24, 2.45) is 0 Å². The van der Waals surface area contributed by atoms with E-state index in [1.54, 1.807) is 24.3 Å². The van der Waals surface area contributed by atoms with Crippen LogP contribution in [0.1, 0.15) is 10.9 Å². The van der Waals surface area contributed by atoms with Gasteiger partial charge in [-0.05, 0) is 42.0 Å². The Bertz CT molecular complexity index is 838. The number of H-pyrrole nitrogens is 1. The van der Waals surface area contributed by atoms with Crippen molar-refractivity contribution in [1.29, 1.82) is 0 Å². The fourth-order valence-electron chi connectivity index (χ4n) is 2.32. The molecule has 0 bridgehead atoms. The van der Waals surface area contributed by atoms with Crippen LogP contribution in [0.25, 0.3) is 11.1 Å². The molecule has 1 atom stereocenters. The van der Waals surface area contributed by atoms with Crippen molar-refractivity contribution < 1.29 is 9.52 Å². The Labute approximate surface area is 131 Å². The fraction of sp³-hybridized carbons (Fsp3) is 0.188. The first-order valence-electron chi connectivity index (χ1n) is 6.80. The number of nitrogens with one attached hydrogen (secondary N) is 1.